The number of rotatable bonds is 3. The third-order valence-electron chi connectivity index (χ3n) is 3.42. The molecule has 0 bridgehead atoms. The fraction of sp³-hybridized carbons (Fsp3) is 0.500. The fourth-order valence-electron chi connectivity index (χ4n) is 2.34. The monoisotopic (exact) mass is 353 g/mol. The second kappa shape index (κ2) is 6.86. The Bertz CT molecular complexity index is 670. The van der Waals surface area contributed by atoms with E-state index in [-0.39, 0.29) is 25.0 Å². The van der Waals surface area contributed by atoms with E-state index < -0.39 is 37.4 Å². The molecule has 7 nitrogen and oxygen atoms in total. The Hall–Kier alpha value is -1.29. The molecule has 0 aliphatic carbocycles. The molecule has 2 unspecified atom stereocenters. The number of benzene rings is 1. The standard InChI is InChI=1S/C12H16FN3O4S.ClH/c1-8-7-15(9(2)6-14-8)21(19,20)12-10(13)4-3-5-11(12)16(17)18;/h3-5,8-9,14H,6-7H2,1-2H3;1H. The van der Waals surface area contributed by atoms with Gasteiger partial charge in [0.25, 0.3) is 15.7 Å². The first-order valence-electron chi connectivity index (χ1n) is 6.43. The number of sulfonamides is 1. The predicted octanol–water partition coefficient (Wildman–Crippen LogP) is 1.53. The topological polar surface area (TPSA) is 92.5 Å². The zero-order chi connectivity index (χ0) is 15.8. The van der Waals surface area contributed by atoms with E-state index in [1.54, 1.807) is 13.8 Å². The third kappa shape index (κ3) is 3.37. The average molecular weight is 354 g/mol. The molecule has 1 aromatic carbocycles. The molecular formula is C12H17ClFN3O4S. The zero-order valence-electron chi connectivity index (χ0n) is 12.0. The van der Waals surface area contributed by atoms with Gasteiger partial charge in [-0.3, -0.25) is 10.1 Å². The summed E-state index contributed by atoms with van der Waals surface area (Å²) in [5.74, 6) is -1.11. The Labute approximate surface area is 134 Å². The van der Waals surface area contributed by atoms with E-state index >= 15 is 0 Å². The summed E-state index contributed by atoms with van der Waals surface area (Å²) in [4.78, 5) is 9.25. The van der Waals surface area contributed by atoms with Gasteiger partial charge < -0.3 is 5.32 Å². The highest BCUT2D eigenvalue weighted by Crippen LogP contribution is 2.30. The summed E-state index contributed by atoms with van der Waals surface area (Å²) in [5.41, 5.74) is -0.742. The molecule has 1 aliphatic heterocycles. The number of nitrogens with one attached hydrogen (secondary N) is 1. The molecule has 124 valence electrons. The van der Waals surface area contributed by atoms with Crippen molar-refractivity contribution in [3.05, 3.63) is 34.1 Å². The lowest BCUT2D eigenvalue weighted by atomic mass is 10.2. The van der Waals surface area contributed by atoms with Crippen LogP contribution in [-0.2, 0) is 10.0 Å². The van der Waals surface area contributed by atoms with Crippen molar-refractivity contribution in [2.24, 2.45) is 0 Å². The highest BCUT2D eigenvalue weighted by atomic mass is 35.5. The summed E-state index contributed by atoms with van der Waals surface area (Å²) in [5, 5.41) is 14.1. The van der Waals surface area contributed by atoms with Crippen LogP contribution >= 0.6 is 12.4 Å². The molecule has 0 spiro atoms. The minimum Gasteiger partial charge on any atom is -0.311 e. The maximum atomic E-state index is 14.0. The van der Waals surface area contributed by atoms with Crippen LogP contribution in [0.5, 0.6) is 0 Å². The highest BCUT2D eigenvalue weighted by molar-refractivity contribution is 7.89. The molecule has 10 heteroatoms. The number of hydrogen-bond donors (Lipinski definition) is 1. The second-order valence-electron chi connectivity index (χ2n) is 5.08. The largest absolute Gasteiger partial charge is 0.311 e. The molecular weight excluding hydrogens is 337 g/mol. The maximum Gasteiger partial charge on any atom is 0.292 e. The van der Waals surface area contributed by atoms with E-state index in [1.807, 2.05) is 0 Å². The van der Waals surface area contributed by atoms with Gasteiger partial charge in [-0.1, -0.05) is 6.07 Å². The van der Waals surface area contributed by atoms with Gasteiger partial charge in [0, 0.05) is 31.2 Å². The van der Waals surface area contributed by atoms with Crippen molar-refractivity contribution in [2.75, 3.05) is 13.1 Å². The molecule has 0 radical (unpaired) electrons. The number of piperazine rings is 1. The van der Waals surface area contributed by atoms with Gasteiger partial charge in [0.15, 0.2) is 4.90 Å². The van der Waals surface area contributed by atoms with E-state index in [9.17, 15) is 22.9 Å². The first-order chi connectivity index (χ1) is 9.75. The van der Waals surface area contributed by atoms with Gasteiger partial charge in [0.2, 0.25) is 0 Å². The lowest BCUT2D eigenvalue weighted by molar-refractivity contribution is -0.388. The van der Waals surface area contributed by atoms with Gasteiger partial charge in [-0.05, 0) is 19.9 Å². The summed E-state index contributed by atoms with van der Waals surface area (Å²) in [6, 6.07) is 2.51. The Morgan fingerprint density at radius 1 is 1.41 bits per heavy atom. The quantitative estimate of drug-likeness (QED) is 0.657. The second-order valence-corrected chi connectivity index (χ2v) is 6.91. The molecule has 1 aliphatic rings. The molecule has 1 aromatic rings. The smallest absolute Gasteiger partial charge is 0.292 e. The van der Waals surface area contributed by atoms with Gasteiger partial charge in [0.05, 0.1) is 4.92 Å². The van der Waals surface area contributed by atoms with E-state index in [1.165, 1.54) is 0 Å². The fourth-order valence-corrected chi connectivity index (χ4v) is 4.26. The third-order valence-corrected chi connectivity index (χ3v) is 5.46. The predicted molar refractivity (Wildman–Crippen MR) is 81.1 cm³/mol. The van der Waals surface area contributed by atoms with Crippen molar-refractivity contribution in [1.29, 1.82) is 0 Å². The van der Waals surface area contributed by atoms with Crippen molar-refractivity contribution in [1.82, 2.24) is 9.62 Å². The van der Waals surface area contributed by atoms with Gasteiger partial charge in [-0.25, -0.2) is 12.8 Å². The Kier molecular flexibility index (Phi) is 5.85. The number of nitro groups is 1. The van der Waals surface area contributed by atoms with E-state index in [0.29, 0.717) is 6.54 Å². The van der Waals surface area contributed by atoms with Gasteiger partial charge in [-0.2, -0.15) is 4.31 Å². The highest BCUT2D eigenvalue weighted by Gasteiger charge is 2.39. The zero-order valence-corrected chi connectivity index (χ0v) is 13.7. The van der Waals surface area contributed by atoms with Crippen molar-refractivity contribution in [3.8, 4) is 0 Å². The van der Waals surface area contributed by atoms with Crippen LogP contribution in [0.3, 0.4) is 0 Å². The maximum absolute atomic E-state index is 14.0. The van der Waals surface area contributed by atoms with E-state index in [4.69, 9.17) is 0 Å². The number of nitro benzene ring substituents is 1. The molecule has 1 fully saturated rings. The first kappa shape index (κ1) is 18.8. The number of hydrogen-bond acceptors (Lipinski definition) is 5. The first-order valence-corrected chi connectivity index (χ1v) is 7.87. The van der Waals surface area contributed by atoms with Gasteiger partial charge >= 0.3 is 0 Å². The van der Waals surface area contributed by atoms with Crippen molar-refractivity contribution >= 4 is 28.1 Å². The summed E-state index contributed by atoms with van der Waals surface area (Å²) in [7, 11) is -4.27. The molecule has 1 N–H and O–H groups in total. The van der Waals surface area contributed by atoms with Gasteiger partial charge in [0.1, 0.15) is 5.82 Å². The Morgan fingerprint density at radius 3 is 2.64 bits per heavy atom. The van der Waals surface area contributed by atoms with Crippen molar-refractivity contribution < 1.29 is 17.7 Å². The van der Waals surface area contributed by atoms with Crippen LogP contribution in [0.25, 0.3) is 0 Å². The minimum absolute atomic E-state index is 0. The van der Waals surface area contributed by atoms with Gasteiger partial charge in [-0.15, -0.1) is 12.4 Å². The number of nitrogens with zero attached hydrogens (tertiary/aromatic N) is 2. The molecule has 0 aromatic heterocycles. The van der Waals surface area contributed by atoms with Crippen LogP contribution in [0.1, 0.15) is 13.8 Å². The van der Waals surface area contributed by atoms with Crippen LogP contribution < -0.4 is 5.32 Å². The van der Waals surface area contributed by atoms with Crippen LogP contribution in [0.15, 0.2) is 23.1 Å². The Balaban J connectivity index is 0.00000242. The summed E-state index contributed by atoms with van der Waals surface area (Å²) in [6.07, 6.45) is 0. The molecule has 22 heavy (non-hydrogen) atoms. The van der Waals surface area contributed by atoms with Crippen LogP contribution in [0.2, 0.25) is 0 Å². The van der Waals surface area contributed by atoms with Crippen LogP contribution in [0, 0.1) is 15.9 Å². The summed E-state index contributed by atoms with van der Waals surface area (Å²) in [6.45, 7) is 4.00. The van der Waals surface area contributed by atoms with Crippen LogP contribution in [-0.4, -0.2) is 42.8 Å². The van der Waals surface area contributed by atoms with E-state index in [2.05, 4.69) is 5.32 Å². The SMILES string of the molecule is CC1CN(S(=O)(=O)c2c(F)cccc2[N+](=O)[O-])C(C)CN1.Cl. The summed E-state index contributed by atoms with van der Waals surface area (Å²) < 4.78 is 40.4. The normalized spacial score (nSPS) is 22.9. The van der Waals surface area contributed by atoms with Crippen LogP contribution in [0.4, 0.5) is 10.1 Å². The minimum atomic E-state index is -4.27. The lowest BCUT2D eigenvalue weighted by Crippen LogP contribution is -2.56. The van der Waals surface area contributed by atoms with Crippen molar-refractivity contribution in [3.63, 3.8) is 0 Å². The average Bonchev–Trinajstić information content (AvgIpc) is 2.40. The molecule has 2 atom stereocenters. The molecule has 2 rings (SSSR count). The van der Waals surface area contributed by atoms with Crippen molar-refractivity contribution in [2.45, 2.75) is 30.8 Å². The molecule has 0 amide bonds. The Morgan fingerprint density at radius 2 is 2.05 bits per heavy atom. The number of halogens is 2. The lowest BCUT2D eigenvalue weighted by Gasteiger charge is -2.36. The molecule has 1 heterocycles. The molecule has 0 saturated carbocycles. The summed E-state index contributed by atoms with van der Waals surface area (Å²) >= 11 is 0. The molecule has 1 saturated heterocycles. The van der Waals surface area contributed by atoms with E-state index in [0.717, 1.165) is 22.5 Å².